The predicted molar refractivity (Wildman–Crippen MR) is 130 cm³/mol. The second kappa shape index (κ2) is 8.35. The van der Waals surface area contributed by atoms with Crippen LogP contribution in [-0.4, -0.2) is 4.98 Å². The van der Waals surface area contributed by atoms with Crippen molar-refractivity contribution in [1.29, 1.82) is 5.26 Å². The third-order valence-electron chi connectivity index (χ3n) is 4.96. The summed E-state index contributed by atoms with van der Waals surface area (Å²) in [5.41, 5.74) is 3.39. The lowest BCUT2D eigenvalue weighted by atomic mass is 10.0. The highest BCUT2D eigenvalue weighted by molar-refractivity contribution is 9.10. The van der Waals surface area contributed by atoms with E-state index in [2.05, 4.69) is 46.3 Å². The lowest BCUT2D eigenvalue weighted by molar-refractivity contribution is 0.572. The highest BCUT2D eigenvalue weighted by atomic mass is 79.9. The lowest BCUT2D eigenvalue weighted by Gasteiger charge is -2.03. The molecule has 5 aromatic rings. The molecule has 0 fully saturated rings. The molecule has 0 spiro atoms. The van der Waals surface area contributed by atoms with Crippen molar-refractivity contribution in [3.05, 3.63) is 99.5 Å². The largest absolute Gasteiger partial charge is 0.457 e. The Morgan fingerprint density at radius 2 is 1.77 bits per heavy atom. The van der Waals surface area contributed by atoms with Gasteiger partial charge in [-0.2, -0.15) is 5.26 Å². The Balaban J connectivity index is 1.47. The van der Waals surface area contributed by atoms with Crippen LogP contribution in [0.4, 0.5) is 0 Å². The van der Waals surface area contributed by atoms with Crippen LogP contribution in [0.5, 0.6) is 0 Å². The summed E-state index contributed by atoms with van der Waals surface area (Å²) in [4.78, 5) is 4.75. The van der Waals surface area contributed by atoms with Crippen LogP contribution in [-0.2, 0) is 0 Å². The van der Waals surface area contributed by atoms with Gasteiger partial charge in [0.1, 0.15) is 22.6 Å². The average Bonchev–Trinajstić information content (AvgIpc) is 3.48. The van der Waals surface area contributed by atoms with Gasteiger partial charge in [-0.15, -0.1) is 11.3 Å². The molecular formula is C26H15BrN2OS. The van der Waals surface area contributed by atoms with Crippen LogP contribution in [0, 0.1) is 11.3 Å². The van der Waals surface area contributed by atoms with Crippen molar-refractivity contribution in [2.45, 2.75) is 0 Å². The van der Waals surface area contributed by atoms with Crippen molar-refractivity contribution in [3.8, 4) is 28.7 Å². The topological polar surface area (TPSA) is 49.8 Å². The molecule has 2 heterocycles. The van der Waals surface area contributed by atoms with Crippen molar-refractivity contribution in [2.24, 2.45) is 0 Å². The summed E-state index contributed by atoms with van der Waals surface area (Å²) in [7, 11) is 0. The van der Waals surface area contributed by atoms with E-state index in [9.17, 15) is 5.26 Å². The molecule has 0 aliphatic rings. The van der Waals surface area contributed by atoms with Gasteiger partial charge in [-0.1, -0.05) is 70.5 Å². The number of nitrogens with zero attached hydrogens (tertiary/aromatic N) is 2. The van der Waals surface area contributed by atoms with Crippen LogP contribution >= 0.6 is 27.3 Å². The van der Waals surface area contributed by atoms with Crippen LogP contribution in [0.3, 0.4) is 0 Å². The molecule has 5 rings (SSSR count). The van der Waals surface area contributed by atoms with E-state index in [1.165, 1.54) is 16.7 Å². The Kier molecular flexibility index (Phi) is 5.25. The number of aromatic nitrogens is 1. The zero-order valence-corrected chi connectivity index (χ0v) is 18.7. The summed E-state index contributed by atoms with van der Waals surface area (Å²) in [6, 6.07) is 28.4. The number of hydrogen-bond donors (Lipinski definition) is 0. The van der Waals surface area contributed by atoms with Gasteiger partial charge in [-0.3, -0.25) is 0 Å². The van der Waals surface area contributed by atoms with Gasteiger partial charge in [0.05, 0.1) is 11.3 Å². The molecule has 0 saturated heterocycles. The molecule has 5 heteroatoms. The third-order valence-corrected chi connectivity index (χ3v) is 6.37. The first-order chi connectivity index (χ1) is 15.2. The second-order valence-electron chi connectivity index (χ2n) is 6.94. The van der Waals surface area contributed by atoms with Gasteiger partial charge >= 0.3 is 0 Å². The highest BCUT2D eigenvalue weighted by Crippen LogP contribution is 2.32. The van der Waals surface area contributed by atoms with Crippen molar-refractivity contribution in [2.75, 3.05) is 0 Å². The first-order valence-electron chi connectivity index (χ1n) is 9.63. The normalized spacial score (nSPS) is 11.5. The van der Waals surface area contributed by atoms with E-state index in [0.29, 0.717) is 16.3 Å². The summed E-state index contributed by atoms with van der Waals surface area (Å²) in [5, 5.41) is 14.7. The van der Waals surface area contributed by atoms with Gasteiger partial charge in [0.25, 0.3) is 0 Å². The molecule has 3 nitrogen and oxygen atoms in total. The van der Waals surface area contributed by atoms with E-state index in [0.717, 1.165) is 32.4 Å². The van der Waals surface area contributed by atoms with Gasteiger partial charge in [0.15, 0.2) is 0 Å². The Labute approximate surface area is 192 Å². The molecule has 3 aromatic carbocycles. The average molecular weight is 483 g/mol. The van der Waals surface area contributed by atoms with E-state index in [4.69, 9.17) is 9.40 Å². The van der Waals surface area contributed by atoms with Crippen molar-refractivity contribution >= 4 is 49.7 Å². The molecule has 0 saturated carbocycles. The smallest absolute Gasteiger partial charge is 0.134 e. The minimum atomic E-state index is 0.480. The van der Waals surface area contributed by atoms with Crippen LogP contribution in [0.25, 0.3) is 45.0 Å². The molecule has 0 unspecified atom stereocenters. The SMILES string of the molecule is N#CC(=Cc1ccc(-c2ccc(Br)cc2)o1)c1nc(-c2cccc3ccccc23)cs1. The zero-order chi connectivity index (χ0) is 21.2. The number of nitriles is 1. The first-order valence-corrected chi connectivity index (χ1v) is 11.3. The predicted octanol–water partition coefficient (Wildman–Crippen LogP) is 8.05. The lowest BCUT2D eigenvalue weighted by Crippen LogP contribution is -1.84. The molecular weight excluding hydrogens is 468 g/mol. The summed E-state index contributed by atoms with van der Waals surface area (Å²) in [5.74, 6) is 1.38. The Morgan fingerprint density at radius 3 is 2.61 bits per heavy atom. The Bertz CT molecular complexity index is 1450. The molecule has 0 aliphatic carbocycles. The van der Waals surface area contributed by atoms with Gasteiger partial charge < -0.3 is 4.42 Å². The summed E-state index contributed by atoms with van der Waals surface area (Å²) >= 11 is 4.90. The van der Waals surface area contributed by atoms with E-state index >= 15 is 0 Å². The fourth-order valence-corrected chi connectivity index (χ4v) is 4.50. The number of benzene rings is 3. The highest BCUT2D eigenvalue weighted by Gasteiger charge is 2.12. The molecule has 0 atom stereocenters. The Morgan fingerprint density at radius 1 is 0.968 bits per heavy atom. The molecule has 2 aromatic heterocycles. The minimum Gasteiger partial charge on any atom is -0.457 e. The molecule has 148 valence electrons. The van der Waals surface area contributed by atoms with Gasteiger partial charge in [0.2, 0.25) is 0 Å². The summed E-state index contributed by atoms with van der Waals surface area (Å²) in [6.45, 7) is 0. The molecule has 31 heavy (non-hydrogen) atoms. The standard InChI is InChI=1S/C26H15BrN2OS/c27-20-10-8-18(9-11-20)25-13-12-21(30-25)14-19(15-28)26-29-24(16-31-26)23-7-3-5-17-4-1-2-6-22(17)23/h1-14,16H. The molecule has 0 N–H and O–H groups in total. The number of fused-ring (bicyclic) bond motifs is 1. The molecule has 0 amide bonds. The summed E-state index contributed by atoms with van der Waals surface area (Å²) in [6.07, 6.45) is 1.74. The quantitative estimate of drug-likeness (QED) is 0.243. The molecule has 0 aliphatic heterocycles. The van der Waals surface area contributed by atoms with Crippen molar-refractivity contribution in [3.63, 3.8) is 0 Å². The number of hydrogen-bond acceptors (Lipinski definition) is 4. The van der Waals surface area contributed by atoms with E-state index in [1.54, 1.807) is 6.08 Å². The zero-order valence-electron chi connectivity index (χ0n) is 16.2. The maximum atomic E-state index is 9.75. The maximum absolute atomic E-state index is 9.75. The van der Waals surface area contributed by atoms with E-state index < -0.39 is 0 Å². The van der Waals surface area contributed by atoms with Crippen LogP contribution < -0.4 is 0 Å². The fraction of sp³-hybridized carbons (Fsp3) is 0. The van der Waals surface area contributed by atoms with Gasteiger partial charge in [-0.05, 0) is 35.0 Å². The minimum absolute atomic E-state index is 0.480. The Hall–Kier alpha value is -3.46. The number of halogens is 1. The van der Waals surface area contributed by atoms with Crippen molar-refractivity contribution in [1.82, 2.24) is 4.98 Å². The van der Waals surface area contributed by atoms with Crippen LogP contribution in [0.1, 0.15) is 10.8 Å². The van der Waals surface area contributed by atoms with E-state index in [1.807, 2.05) is 60.0 Å². The van der Waals surface area contributed by atoms with Crippen molar-refractivity contribution < 1.29 is 4.42 Å². The number of thiazole rings is 1. The summed E-state index contributed by atoms with van der Waals surface area (Å²) < 4.78 is 6.96. The number of allylic oxidation sites excluding steroid dienone is 1. The first kappa shape index (κ1) is 19.5. The maximum Gasteiger partial charge on any atom is 0.134 e. The van der Waals surface area contributed by atoms with Crippen LogP contribution in [0.15, 0.2) is 93.1 Å². The fourth-order valence-electron chi connectivity index (χ4n) is 3.45. The van der Waals surface area contributed by atoms with Crippen LogP contribution in [0.2, 0.25) is 0 Å². The number of furan rings is 1. The number of rotatable bonds is 4. The molecule has 0 radical (unpaired) electrons. The second-order valence-corrected chi connectivity index (χ2v) is 8.72. The van der Waals surface area contributed by atoms with E-state index in [-0.39, 0.29) is 0 Å². The monoisotopic (exact) mass is 482 g/mol. The van der Waals surface area contributed by atoms with Gasteiger partial charge in [-0.25, -0.2) is 4.98 Å². The van der Waals surface area contributed by atoms with Gasteiger partial charge in [0, 0.05) is 27.1 Å². The molecule has 0 bridgehead atoms. The third kappa shape index (κ3) is 3.96.